The normalized spacial score (nSPS) is 11.4. The predicted octanol–water partition coefficient (Wildman–Crippen LogP) is 2.60. The van der Waals surface area contributed by atoms with Crippen LogP contribution in [0.15, 0.2) is 0 Å². The maximum absolute atomic E-state index is 2.54. The molecule has 0 amide bonds. The molecule has 0 aromatic heterocycles. The molecule has 0 radical (unpaired) electrons. The molecule has 0 aromatic carbocycles. The first-order valence-corrected chi connectivity index (χ1v) is 11.3. The Kier molecular flexibility index (Phi) is 6.43. The van der Waals surface area contributed by atoms with E-state index in [2.05, 4.69) is 26.9 Å². The van der Waals surface area contributed by atoms with Crippen LogP contribution in [0, 0.1) is 0 Å². The summed E-state index contributed by atoms with van der Waals surface area (Å²) in [5.74, 6) is 0. The monoisotopic (exact) mass is 174 g/mol. The molecule has 0 N–H and O–H groups in total. The van der Waals surface area contributed by atoms with Crippen LogP contribution >= 0.6 is 0 Å². The predicted molar refractivity (Wildman–Crippen MR) is 56.2 cm³/mol. The van der Waals surface area contributed by atoms with Crippen molar-refractivity contribution in [3.63, 3.8) is 0 Å². The first-order valence-electron chi connectivity index (χ1n) is 4.72. The zero-order valence-corrected chi connectivity index (χ0v) is 10.3. The molecule has 0 fully saturated rings. The highest BCUT2D eigenvalue weighted by atomic mass is 29.2. The van der Waals surface area contributed by atoms with E-state index in [0.717, 1.165) is 0 Å². The third-order valence-electron chi connectivity index (χ3n) is 2.26. The molecule has 0 saturated carbocycles. The second kappa shape index (κ2) is 6.16. The van der Waals surface area contributed by atoms with Crippen LogP contribution in [0.1, 0.15) is 26.7 Å². The van der Waals surface area contributed by atoms with Crippen LogP contribution in [0.4, 0.5) is 0 Å². The second-order valence-corrected chi connectivity index (χ2v) is 15.6. The number of hydrogen-bond acceptors (Lipinski definition) is 0. The van der Waals surface area contributed by atoms with Gasteiger partial charge in [-0.2, -0.15) is 0 Å². The van der Waals surface area contributed by atoms with Gasteiger partial charge in [-0.25, -0.2) is 0 Å². The lowest BCUT2D eigenvalue weighted by atomic mass is 10.6. The minimum absolute atomic E-state index is 0.168. The lowest BCUT2D eigenvalue weighted by Crippen LogP contribution is -2.28. The Morgan fingerprint density at radius 3 is 1.50 bits per heavy atom. The van der Waals surface area contributed by atoms with Crippen LogP contribution in [-0.4, -0.2) is 16.6 Å². The first kappa shape index (κ1) is 10.4. The topological polar surface area (TPSA) is 0 Å². The van der Waals surface area contributed by atoms with Gasteiger partial charge in [-0.15, -0.1) is 0 Å². The molecule has 0 bridgehead atoms. The van der Waals surface area contributed by atoms with E-state index < -0.39 is 0 Å². The zero-order chi connectivity index (χ0) is 7.98. The molecule has 0 spiro atoms. The largest absolute Gasteiger partial charge is 0.0743 e. The molecule has 0 rings (SSSR count). The van der Waals surface area contributed by atoms with Gasteiger partial charge in [-0.3, -0.25) is 0 Å². The molecule has 62 valence electrons. The van der Waals surface area contributed by atoms with E-state index >= 15 is 0 Å². The van der Waals surface area contributed by atoms with E-state index in [1.54, 1.807) is 12.1 Å². The Morgan fingerprint density at radius 2 is 1.30 bits per heavy atom. The molecule has 0 nitrogen and oxygen atoms in total. The van der Waals surface area contributed by atoms with Crippen molar-refractivity contribution in [3.8, 4) is 0 Å². The second-order valence-electron chi connectivity index (χ2n) is 3.58. The molecule has 2 heteroatoms. The summed E-state index contributed by atoms with van der Waals surface area (Å²) in [6, 6.07) is 3.25. The number of rotatable bonds is 5. The average Bonchev–Trinajstić information content (AvgIpc) is 1.87. The molecule has 0 atom stereocenters. The molecule has 0 aliphatic carbocycles. The van der Waals surface area contributed by atoms with Crippen LogP contribution in [0.3, 0.4) is 0 Å². The minimum Gasteiger partial charge on any atom is -0.0743 e. The minimum atomic E-state index is -0.182. The van der Waals surface area contributed by atoms with Gasteiger partial charge in [-0.1, -0.05) is 51.9 Å². The molecule has 0 heterocycles. The fourth-order valence-corrected chi connectivity index (χ4v) is 10.7. The van der Waals surface area contributed by atoms with Crippen LogP contribution in [0.25, 0.3) is 0 Å². The molecule has 0 aliphatic heterocycles. The van der Waals surface area contributed by atoms with Crippen molar-refractivity contribution in [2.24, 2.45) is 0 Å². The van der Waals surface area contributed by atoms with Gasteiger partial charge in [0.25, 0.3) is 0 Å². The summed E-state index contributed by atoms with van der Waals surface area (Å²) in [5, 5.41) is 0. The summed E-state index contributed by atoms with van der Waals surface area (Å²) in [6.45, 7) is 9.77. The fourth-order valence-electron chi connectivity index (χ4n) is 1.55. The van der Waals surface area contributed by atoms with E-state index in [0.29, 0.717) is 0 Å². The van der Waals surface area contributed by atoms with E-state index in [9.17, 15) is 0 Å². The van der Waals surface area contributed by atoms with Crippen molar-refractivity contribution < 1.29 is 0 Å². The summed E-state index contributed by atoms with van der Waals surface area (Å²) in [5.41, 5.74) is 0. The Labute approximate surface area is 69.0 Å². The third kappa shape index (κ3) is 4.28. The third-order valence-corrected chi connectivity index (χ3v) is 14.4. The van der Waals surface area contributed by atoms with Gasteiger partial charge in [0, 0.05) is 16.6 Å². The molecule has 0 saturated heterocycles. The lowest BCUT2D eigenvalue weighted by molar-refractivity contribution is 1.02. The smallest absolute Gasteiger partial charge is 0.0274 e. The summed E-state index contributed by atoms with van der Waals surface area (Å²) in [6.07, 6.45) is 2.89. The van der Waals surface area contributed by atoms with Gasteiger partial charge in [0.15, 0.2) is 0 Å². The van der Waals surface area contributed by atoms with Crippen molar-refractivity contribution >= 4 is 16.6 Å². The highest BCUT2D eigenvalue weighted by Crippen LogP contribution is 2.08. The quantitative estimate of drug-likeness (QED) is 0.562. The van der Waals surface area contributed by atoms with Crippen molar-refractivity contribution in [1.82, 2.24) is 0 Å². The van der Waals surface area contributed by atoms with Gasteiger partial charge in [0.2, 0.25) is 0 Å². The van der Waals surface area contributed by atoms with Gasteiger partial charge < -0.3 is 0 Å². The summed E-state index contributed by atoms with van der Waals surface area (Å²) in [4.78, 5) is 0. The molecular weight excluding hydrogens is 152 g/mol. The highest BCUT2D eigenvalue weighted by molar-refractivity contribution is 7.21. The first-order chi connectivity index (χ1) is 4.72. The van der Waals surface area contributed by atoms with E-state index in [4.69, 9.17) is 0 Å². The zero-order valence-electron chi connectivity index (χ0n) is 7.98. The van der Waals surface area contributed by atoms with Gasteiger partial charge in [-0.05, 0) is 0 Å². The van der Waals surface area contributed by atoms with E-state index in [1.165, 1.54) is 12.8 Å². The van der Waals surface area contributed by atoms with Crippen molar-refractivity contribution in [2.45, 2.75) is 51.9 Å². The summed E-state index contributed by atoms with van der Waals surface area (Å²) < 4.78 is 0. The van der Waals surface area contributed by atoms with Gasteiger partial charge in [0.05, 0.1) is 0 Å². The van der Waals surface area contributed by atoms with Gasteiger partial charge >= 0.3 is 0 Å². The van der Waals surface area contributed by atoms with Crippen LogP contribution < -0.4 is 0 Å². The Bertz CT molecular complexity index is 65.7. The molecular formula is C8H22Si2. The molecule has 0 aromatic rings. The molecule has 10 heavy (non-hydrogen) atoms. The Hall–Kier alpha value is 0.434. The van der Waals surface area contributed by atoms with E-state index in [-0.39, 0.29) is 16.6 Å². The molecule has 0 unspecified atom stereocenters. The summed E-state index contributed by atoms with van der Waals surface area (Å²) in [7, 11) is -0.350. The van der Waals surface area contributed by atoms with Gasteiger partial charge in [0.1, 0.15) is 0 Å². The standard InChI is InChI=1S/C8H22Si2/c1-5-7-10(8-6-2)9(3)4/h9-10H,5-8H2,1-4H3. The Balaban J connectivity index is 3.50. The Morgan fingerprint density at radius 1 is 0.900 bits per heavy atom. The van der Waals surface area contributed by atoms with Crippen molar-refractivity contribution in [3.05, 3.63) is 0 Å². The van der Waals surface area contributed by atoms with Crippen LogP contribution in [0.2, 0.25) is 25.2 Å². The molecule has 0 aliphatic rings. The lowest BCUT2D eigenvalue weighted by Gasteiger charge is -2.15. The maximum Gasteiger partial charge on any atom is 0.0274 e. The average molecular weight is 174 g/mol. The van der Waals surface area contributed by atoms with Crippen molar-refractivity contribution in [1.29, 1.82) is 0 Å². The van der Waals surface area contributed by atoms with Crippen LogP contribution in [-0.2, 0) is 0 Å². The van der Waals surface area contributed by atoms with Crippen molar-refractivity contribution in [2.75, 3.05) is 0 Å². The number of hydrogen-bond donors (Lipinski definition) is 0. The summed E-state index contributed by atoms with van der Waals surface area (Å²) >= 11 is 0. The maximum atomic E-state index is 2.54. The van der Waals surface area contributed by atoms with E-state index in [1.807, 2.05) is 0 Å². The van der Waals surface area contributed by atoms with Crippen LogP contribution in [0.5, 0.6) is 0 Å². The highest BCUT2D eigenvalue weighted by Gasteiger charge is 2.12. The fraction of sp³-hybridized carbons (Fsp3) is 1.00. The SMILES string of the molecule is CCC[SiH](CCC)[SiH](C)C.